The minimum absolute atomic E-state index is 0.0193. The Morgan fingerprint density at radius 1 is 1.11 bits per heavy atom. The summed E-state index contributed by atoms with van der Waals surface area (Å²) in [5.41, 5.74) is 8.60. The van der Waals surface area contributed by atoms with E-state index in [0.717, 1.165) is 11.1 Å². The quantitative estimate of drug-likeness (QED) is 0.434. The molecular formula is C27H26FN7O2. The first-order valence-electron chi connectivity index (χ1n) is 12.1. The maximum absolute atomic E-state index is 13.4. The lowest BCUT2D eigenvalue weighted by atomic mass is 9.95. The monoisotopic (exact) mass is 499 g/mol. The molecule has 188 valence electrons. The van der Waals surface area contributed by atoms with Crippen molar-refractivity contribution in [1.82, 2.24) is 29.6 Å². The molecule has 2 atom stereocenters. The van der Waals surface area contributed by atoms with E-state index < -0.39 is 5.54 Å². The summed E-state index contributed by atoms with van der Waals surface area (Å²) in [5, 5.41) is 4.23. The van der Waals surface area contributed by atoms with E-state index in [1.807, 2.05) is 30.9 Å². The average molecular weight is 500 g/mol. The first-order valence-corrected chi connectivity index (χ1v) is 12.1. The van der Waals surface area contributed by atoms with Gasteiger partial charge in [0.2, 0.25) is 11.8 Å². The second-order valence-corrected chi connectivity index (χ2v) is 10.2. The van der Waals surface area contributed by atoms with E-state index in [4.69, 9.17) is 10.5 Å². The molecule has 6 rings (SSSR count). The van der Waals surface area contributed by atoms with E-state index in [1.54, 1.807) is 36.8 Å². The Morgan fingerprint density at radius 2 is 1.81 bits per heavy atom. The zero-order valence-corrected chi connectivity index (χ0v) is 20.5. The Balaban J connectivity index is 1.14. The van der Waals surface area contributed by atoms with Gasteiger partial charge < -0.3 is 15.4 Å². The van der Waals surface area contributed by atoms with Gasteiger partial charge in [-0.2, -0.15) is 5.10 Å². The number of nitrogens with two attached hydrogens (primary N) is 1. The number of pyridine rings is 1. The highest BCUT2D eigenvalue weighted by molar-refractivity contribution is 5.94. The number of amides is 1. The molecule has 1 amide bonds. The molecule has 10 heteroatoms. The molecule has 1 aliphatic carbocycles. The van der Waals surface area contributed by atoms with E-state index in [2.05, 4.69) is 20.1 Å². The Kier molecular flexibility index (Phi) is 5.49. The maximum Gasteiger partial charge on any atom is 0.257 e. The van der Waals surface area contributed by atoms with Gasteiger partial charge in [-0.1, -0.05) is 0 Å². The number of piperidine rings is 1. The number of fused-ring (bicyclic) bond motifs is 1. The molecule has 1 aromatic carbocycles. The summed E-state index contributed by atoms with van der Waals surface area (Å²) in [4.78, 5) is 27.9. The van der Waals surface area contributed by atoms with E-state index >= 15 is 0 Å². The van der Waals surface area contributed by atoms with Gasteiger partial charge in [0.05, 0.1) is 17.5 Å². The molecule has 9 nitrogen and oxygen atoms in total. The molecule has 4 aromatic rings. The van der Waals surface area contributed by atoms with Crippen LogP contribution in [0.4, 0.5) is 4.39 Å². The third-order valence-electron chi connectivity index (χ3n) is 6.93. The molecule has 2 aliphatic rings. The number of rotatable bonds is 6. The van der Waals surface area contributed by atoms with Gasteiger partial charge in [0.15, 0.2) is 0 Å². The number of ether oxygens (including phenoxy) is 1. The van der Waals surface area contributed by atoms with Gasteiger partial charge in [-0.05, 0) is 55.8 Å². The van der Waals surface area contributed by atoms with Crippen molar-refractivity contribution in [1.29, 1.82) is 0 Å². The molecule has 0 bridgehead atoms. The van der Waals surface area contributed by atoms with Crippen LogP contribution in [0.3, 0.4) is 0 Å². The number of halogens is 1. The second kappa shape index (κ2) is 8.74. The smallest absolute Gasteiger partial charge is 0.257 e. The fourth-order valence-electron chi connectivity index (χ4n) is 4.79. The zero-order valence-electron chi connectivity index (χ0n) is 20.5. The molecule has 0 radical (unpaired) electrons. The molecular weight excluding hydrogens is 473 g/mol. The van der Waals surface area contributed by atoms with E-state index in [9.17, 15) is 9.18 Å². The molecule has 2 N–H and O–H groups in total. The summed E-state index contributed by atoms with van der Waals surface area (Å²) in [6.45, 7) is 5.05. The molecule has 0 spiro atoms. The van der Waals surface area contributed by atoms with Crippen molar-refractivity contribution in [3.05, 3.63) is 84.2 Å². The second-order valence-electron chi connectivity index (χ2n) is 10.2. The van der Waals surface area contributed by atoms with Gasteiger partial charge in [0.1, 0.15) is 11.9 Å². The van der Waals surface area contributed by atoms with Gasteiger partial charge in [-0.15, -0.1) is 0 Å². The van der Waals surface area contributed by atoms with Crippen LogP contribution >= 0.6 is 0 Å². The Labute approximate surface area is 213 Å². The van der Waals surface area contributed by atoms with E-state index in [1.165, 1.54) is 23.0 Å². The summed E-state index contributed by atoms with van der Waals surface area (Å²) >= 11 is 0. The van der Waals surface area contributed by atoms with Gasteiger partial charge >= 0.3 is 0 Å². The highest BCUT2D eigenvalue weighted by Crippen LogP contribution is 2.48. The highest BCUT2D eigenvalue weighted by Gasteiger charge is 2.59. The lowest BCUT2D eigenvalue weighted by Crippen LogP contribution is -2.33. The predicted octanol–water partition coefficient (Wildman–Crippen LogP) is 3.21. The molecule has 37 heavy (non-hydrogen) atoms. The van der Waals surface area contributed by atoms with Gasteiger partial charge in [-0.3, -0.25) is 4.79 Å². The van der Waals surface area contributed by atoms with Crippen molar-refractivity contribution in [2.75, 3.05) is 13.1 Å². The number of hydrogen-bond acceptors (Lipinski definition) is 7. The first kappa shape index (κ1) is 23.2. The minimum Gasteiger partial charge on any atom is -0.474 e. The van der Waals surface area contributed by atoms with Crippen molar-refractivity contribution in [2.24, 2.45) is 17.6 Å². The standard InChI is InChI=1S/C27H26FN7O2/c1-27(2,29)18-10-22(16-4-6-19(28)7-5-16)33-23(11-18)37-24-20-14-34(15-21(20)24)25(36)17-12-32-35(13-17)26-30-8-3-9-31-26/h3-13,20-21,24H,14-15,29H2,1-2H3. The Hall–Kier alpha value is -4.18. The normalized spacial score (nSPS) is 20.5. The summed E-state index contributed by atoms with van der Waals surface area (Å²) < 4.78 is 21.2. The van der Waals surface area contributed by atoms with Crippen LogP contribution in [0.1, 0.15) is 29.8 Å². The first-order chi connectivity index (χ1) is 17.8. The van der Waals surface area contributed by atoms with E-state index in [0.29, 0.717) is 36.2 Å². The predicted molar refractivity (Wildman–Crippen MR) is 133 cm³/mol. The van der Waals surface area contributed by atoms with Gasteiger partial charge in [-0.25, -0.2) is 24.0 Å². The van der Waals surface area contributed by atoms with Gasteiger partial charge in [0.25, 0.3) is 5.91 Å². The number of carbonyl (C=O) groups is 1. The number of benzene rings is 1. The molecule has 3 aromatic heterocycles. The summed E-state index contributed by atoms with van der Waals surface area (Å²) in [6.07, 6.45) is 6.42. The fraction of sp³-hybridized carbons (Fsp3) is 0.296. The van der Waals surface area contributed by atoms with Crippen molar-refractivity contribution in [3.8, 4) is 23.1 Å². The fourth-order valence-corrected chi connectivity index (χ4v) is 4.79. The maximum atomic E-state index is 13.4. The number of hydrogen-bond donors (Lipinski definition) is 1. The number of carbonyl (C=O) groups excluding carboxylic acids is 1. The van der Waals surface area contributed by atoms with Crippen LogP contribution in [0.15, 0.2) is 67.3 Å². The Bertz CT molecular complexity index is 1440. The average Bonchev–Trinajstić information content (AvgIpc) is 3.27. The van der Waals surface area contributed by atoms with Crippen LogP contribution in [0, 0.1) is 17.7 Å². The lowest BCUT2D eigenvalue weighted by Gasteiger charge is -2.22. The molecule has 2 unspecified atom stereocenters. The topological polar surface area (TPSA) is 112 Å². The van der Waals surface area contributed by atoms with Crippen LogP contribution in [0.2, 0.25) is 0 Å². The van der Waals surface area contributed by atoms with Crippen LogP contribution in [0.5, 0.6) is 5.88 Å². The molecule has 2 fully saturated rings. The summed E-state index contributed by atoms with van der Waals surface area (Å²) in [6, 6.07) is 11.7. The molecule has 4 heterocycles. The Morgan fingerprint density at radius 3 is 2.49 bits per heavy atom. The van der Waals surface area contributed by atoms with Gasteiger partial charge in [0, 0.05) is 60.7 Å². The van der Waals surface area contributed by atoms with Crippen molar-refractivity contribution in [2.45, 2.75) is 25.5 Å². The van der Waals surface area contributed by atoms with Crippen LogP contribution in [-0.2, 0) is 5.54 Å². The largest absolute Gasteiger partial charge is 0.474 e. The number of likely N-dealkylation sites (tertiary alicyclic amines) is 1. The van der Waals surface area contributed by atoms with Crippen molar-refractivity contribution in [3.63, 3.8) is 0 Å². The summed E-state index contributed by atoms with van der Waals surface area (Å²) in [7, 11) is 0. The highest BCUT2D eigenvalue weighted by atomic mass is 19.1. The molecule has 1 saturated heterocycles. The van der Waals surface area contributed by atoms with Crippen LogP contribution in [0.25, 0.3) is 17.2 Å². The third-order valence-corrected chi connectivity index (χ3v) is 6.93. The van der Waals surface area contributed by atoms with Crippen LogP contribution < -0.4 is 10.5 Å². The zero-order chi connectivity index (χ0) is 25.7. The third kappa shape index (κ3) is 4.55. The minimum atomic E-state index is -0.603. The summed E-state index contributed by atoms with van der Waals surface area (Å²) in [5.74, 6) is 0.994. The number of nitrogens with zero attached hydrogens (tertiary/aromatic N) is 6. The SMILES string of the molecule is CC(C)(N)c1cc(OC2C3CN(C(=O)c4cnn(-c5ncccn5)c4)CC32)nc(-c2ccc(F)cc2)c1. The lowest BCUT2D eigenvalue weighted by molar-refractivity contribution is 0.0751. The molecule has 1 saturated carbocycles. The number of aromatic nitrogens is 5. The van der Waals surface area contributed by atoms with Crippen molar-refractivity contribution < 1.29 is 13.9 Å². The van der Waals surface area contributed by atoms with Crippen LogP contribution in [-0.4, -0.2) is 54.7 Å². The molecule has 1 aliphatic heterocycles. The van der Waals surface area contributed by atoms with Crippen molar-refractivity contribution >= 4 is 5.91 Å². The van der Waals surface area contributed by atoms with E-state index in [-0.39, 0.29) is 29.7 Å².